The van der Waals surface area contributed by atoms with Gasteiger partial charge in [-0.25, -0.2) is 0 Å². The summed E-state index contributed by atoms with van der Waals surface area (Å²) in [7, 11) is -3.60. The third kappa shape index (κ3) is 4.08. The van der Waals surface area contributed by atoms with Crippen LogP contribution in [0.1, 0.15) is 26.2 Å². The summed E-state index contributed by atoms with van der Waals surface area (Å²) in [6.07, 6.45) is 3.29. The zero-order chi connectivity index (χ0) is 13.8. The first-order valence-corrected chi connectivity index (χ1v) is 7.42. The van der Waals surface area contributed by atoms with Crippen molar-refractivity contribution in [1.82, 2.24) is 9.03 Å². The van der Waals surface area contributed by atoms with E-state index in [-0.39, 0.29) is 12.6 Å². The number of carboxylic acids is 1. The van der Waals surface area contributed by atoms with Crippen LogP contribution in [0.15, 0.2) is 12.7 Å². The quantitative estimate of drug-likeness (QED) is 0.695. The molecule has 1 aliphatic heterocycles. The molecular weight excluding hydrogens is 256 g/mol. The van der Waals surface area contributed by atoms with Gasteiger partial charge in [0, 0.05) is 19.1 Å². The number of carbonyl (C=O) groups is 1. The third-order valence-corrected chi connectivity index (χ3v) is 4.66. The Hall–Kier alpha value is -0.920. The molecule has 18 heavy (non-hydrogen) atoms. The molecule has 2 N–H and O–H groups in total. The van der Waals surface area contributed by atoms with E-state index >= 15 is 0 Å². The molecule has 0 aliphatic carbocycles. The average Bonchev–Trinajstić information content (AvgIpc) is 2.28. The summed E-state index contributed by atoms with van der Waals surface area (Å²) < 4.78 is 27.8. The normalized spacial score (nSPS) is 23.5. The molecule has 0 saturated carbocycles. The Morgan fingerprint density at radius 2 is 2.33 bits per heavy atom. The molecule has 1 fully saturated rings. The van der Waals surface area contributed by atoms with Crippen LogP contribution in [0, 0.1) is 5.92 Å². The lowest BCUT2D eigenvalue weighted by Crippen LogP contribution is -2.49. The highest BCUT2D eigenvalue weighted by Crippen LogP contribution is 2.19. The first kappa shape index (κ1) is 15.1. The van der Waals surface area contributed by atoms with E-state index in [1.54, 1.807) is 13.0 Å². The smallest absolute Gasteiger partial charge is 0.307 e. The Labute approximate surface area is 108 Å². The Kier molecular flexibility index (Phi) is 5.30. The topological polar surface area (TPSA) is 86.7 Å². The summed E-state index contributed by atoms with van der Waals surface area (Å²) >= 11 is 0. The molecule has 0 aromatic rings. The van der Waals surface area contributed by atoms with Crippen molar-refractivity contribution >= 4 is 16.2 Å². The number of piperidine rings is 1. The predicted octanol–water partition coefficient (Wildman–Crippen LogP) is 0.582. The molecule has 2 unspecified atom stereocenters. The lowest BCUT2D eigenvalue weighted by molar-refractivity contribution is -0.142. The van der Waals surface area contributed by atoms with Crippen LogP contribution >= 0.6 is 0 Å². The number of hydrogen-bond acceptors (Lipinski definition) is 3. The summed E-state index contributed by atoms with van der Waals surface area (Å²) in [5.41, 5.74) is 0. The highest BCUT2D eigenvalue weighted by molar-refractivity contribution is 7.87. The Balaban J connectivity index is 2.67. The Morgan fingerprint density at radius 1 is 1.67 bits per heavy atom. The molecule has 1 heterocycles. The second kappa shape index (κ2) is 6.31. The molecule has 1 saturated heterocycles. The van der Waals surface area contributed by atoms with Gasteiger partial charge in [0.25, 0.3) is 10.2 Å². The van der Waals surface area contributed by atoms with Gasteiger partial charge >= 0.3 is 5.97 Å². The maximum Gasteiger partial charge on any atom is 0.307 e. The van der Waals surface area contributed by atoms with E-state index in [0.717, 1.165) is 0 Å². The van der Waals surface area contributed by atoms with Gasteiger partial charge in [-0.15, -0.1) is 6.58 Å². The molecule has 7 heteroatoms. The third-order valence-electron chi connectivity index (χ3n) is 2.94. The van der Waals surface area contributed by atoms with Crippen molar-refractivity contribution in [3.63, 3.8) is 0 Å². The van der Waals surface area contributed by atoms with Crippen molar-refractivity contribution in [2.24, 2.45) is 5.92 Å². The van der Waals surface area contributed by atoms with Crippen LogP contribution in [0.25, 0.3) is 0 Å². The molecule has 104 valence electrons. The number of carboxylic acid groups (broad SMARTS) is 1. The van der Waals surface area contributed by atoms with Crippen LogP contribution in [0.5, 0.6) is 0 Å². The predicted molar refractivity (Wildman–Crippen MR) is 68.3 cm³/mol. The monoisotopic (exact) mass is 276 g/mol. The van der Waals surface area contributed by atoms with Crippen molar-refractivity contribution in [3.8, 4) is 0 Å². The van der Waals surface area contributed by atoms with E-state index in [4.69, 9.17) is 5.11 Å². The van der Waals surface area contributed by atoms with E-state index in [0.29, 0.717) is 25.8 Å². The summed E-state index contributed by atoms with van der Waals surface area (Å²) in [4.78, 5) is 10.9. The van der Waals surface area contributed by atoms with Crippen LogP contribution in [-0.4, -0.2) is 42.9 Å². The van der Waals surface area contributed by atoms with Gasteiger partial charge in [-0.3, -0.25) is 4.79 Å². The van der Waals surface area contributed by atoms with E-state index in [1.165, 1.54) is 4.31 Å². The molecule has 1 aliphatic rings. The number of nitrogens with one attached hydrogen (secondary N) is 1. The number of rotatable bonds is 6. The highest BCUT2D eigenvalue weighted by atomic mass is 32.2. The Morgan fingerprint density at radius 3 is 2.89 bits per heavy atom. The van der Waals surface area contributed by atoms with Gasteiger partial charge in [-0.05, 0) is 26.2 Å². The van der Waals surface area contributed by atoms with Crippen LogP contribution < -0.4 is 4.72 Å². The van der Waals surface area contributed by atoms with Crippen LogP contribution in [-0.2, 0) is 15.0 Å². The van der Waals surface area contributed by atoms with Gasteiger partial charge in [0.15, 0.2) is 0 Å². The number of nitrogens with zero attached hydrogens (tertiary/aromatic N) is 1. The van der Waals surface area contributed by atoms with Crippen LogP contribution in [0.3, 0.4) is 0 Å². The second-order valence-corrected chi connectivity index (χ2v) is 6.29. The second-order valence-electron chi connectivity index (χ2n) is 4.58. The molecular formula is C11H20N2O4S. The zero-order valence-electron chi connectivity index (χ0n) is 10.5. The maximum absolute atomic E-state index is 12.0. The van der Waals surface area contributed by atoms with Crippen molar-refractivity contribution < 1.29 is 18.3 Å². The van der Waals surface area contributed by atoms with E-state index < -0.39 is 22.1 Å². The molecule has 0 aromatic carbocycles. The fourth-order valence-electron chi connectivity index (χ4n) is 1.99. The molecule has 0 radical (unpaired) electrons. The molecule has 0 aromatic heterocycles. The van der Waals surface area contributed by atoms with E-state index in [9.17, 15) is 13.2 Å². The fourth-order valence-corrected chi connectivity index (χ4v) is 3.49. The molecule has 1 rings (SSSR count). The van der Waals surface area contributed by atoms with Gasteiger partial charge in [0.05, 0.1) is 5.92 Å². The SMILES string of the molecule is C=CCC(C)NS(=O)(=O)N1CCCC(C(=O)O)C1. The van der Waals surface area contributed by atoms with Gasteiger partial charge in [0.2, 0.25) is 0 Å². The fraction of sp³-hybridized carbons (Fsp3) is 0.727. The maximum atomic E-state index is 12.0. The summed E-state index contributed by atoms with van der Waals surface area (Å²) in [6.45, 7) is 5.72. The summed E-state index contributed by atoms with van der Waals surface area (Å²) in [5.74, 6) is -1.54. The van der Waals surface area contributed by atoms with Crippen molar-refractivity contribution in [3.05, 3.63) is 12.7 Å². The van der Waals surface area contributed by atoms with E-state index in [1.807, 2.05) is 0 Å². The molecule has 0 spiro atoms. The van der Waals surface area contributed by atoms with Gasteiger partial charge in [0.1, 0.15) is 0 Å². The standard InChI is InChI=1S/C11H20N2O4S/c1-3-5-9(2)12-18(16,17)13-7-4-6-10(8-13)11(14)15/h3,9-10,12H,1,4-8H2,2H3,(H,14,15). The lowest BCUT2D eigenvalue weighted by Gasteiger charge is -2.30. The zero-order valence-corrected chi connectivity index (χ0v) is 11.3. The minimum Gasteiger partial charge on any atom is -0.481 e. The van der Waals surface area contributed by atoms with Crippen LogP contribution in [0.2, 0.25) is 0 Å². The van der Waals surface area contributed by atoms with Gasteiger partial charge < -0.3 is 5.11 Å². The van der Waals surface area contributed by atoms with E-state index in [2.05, 4.69) is 11.3 Å². The van der Waals surface area contributed by atoms with Crippen molar-refractivity contribution in [2.45, 2.75) is 32.2 Å². The first-order valence-electron chi connectivity index (χ1n) is 5.98. The first-order chi connectivity index (χ1) is 8.36. The molecule has 0 bridgehead atoms. The molecule has 2 atom stereocenters. The summed E-state index contributed by atoms with van der Waals surface area (Å²) in [6, 6.07) is -0.238. The Bertz CT molecular complexity index is 407. The minimum atomic E-state index is -3.60. The average molecular weight is 276 g/mol. The largest absolute Gasteiger partial charge is 0.481 e. The minimum absolute atomic E-state index is 0.0471. The van der Waals surface area contributed by atoms with Crippen molar-refractivity contribution in [2.75, 3.05) is 13.1 Å². The highest BCUT2D eigenvalue weighted by Gasteiger charge is 2.32. The number of hydrogen-bond donors (Lipinski definition) is 2. The van der Waals surface area contributed by atoms with Gasteiger partial charge in [-0.2, -0.15) is 17.4 Å². The lowest BCUT2D eigenvalue weighted by atomic mass is 10.0. The van der Waals surface area contributed by atoms with Crippen molar-refractivity contribution in [1.29, 1.82) is 0 Å². The summed E-state index contributed by atoms with van der Waals surface area (Å²) in [5, 5.41) is 8.93. The molecule has 6 nitrogen and oxygen atoms in total. The van der Waals surface area contributed by atoms with Gasteiger partial charge in [-0.1, -0.05) is 6.08 Å². The molecule has 0 amide bonds. The van der Waals surface area contributed by atoms with Crippen LogP contribution in [0.4, 0.5) is 0 Å². The number of aliphatic carboxylic acids is 1.